The van der Waals surface area contributed by atoms with Gasteiger partial charge in [0.1, 0.15) is 0 Å². The monoisotopic (exact) mass is 1150 g/mol. The van der Waals surface area contributed by atoms with Gasteiger partial charge in [0.15, 0.2) is 24.0 Å². The molecule has 0 radical (unpaired) electrons. The molecule has 0 aliphatic rings. The molecule has 0 heterocycles. The largest absolute Gasteiger partial charge is 0.481 e. The van der Waals surface area contributed by atoms with Crippen LogP contribution in [0.3, 0.4) is 0 Å². The fraction of sp³-hybridized carbons (Fsp3) is 0.548. The second-order valence-electron chi connectivity index (χ2n) is 19.8. The van der Waals surface area contributed by atoms with Crippen LogP contribution in [0.25, 0.3) is 0 Å². The number of rotatable bonds is 44. The molecule has 5 unspecified atom stereocenters. The Morgan fingerprint density at radius 3 is 1.49 bits per heavy atom. The highest BCUT2D eigenvalue weighted by atomic mass is 32.2. The third-order valence-electron chi connectivity index (χ3n) is 13.2. The van der Waals surface area contributed by atoms with Crippen LogP contribution in [0, 0.1) is 17.8 Å². The quantitative estimate of drug-likeness (QED) is 0.0107. The number of carbonyl (C=O) groups excluding carboxylic acids is 6. The van der Waals surface area contributed by atoms with Gasteiger partial charge in [0.05, 0.1) is 24.9 Å². The lowest BCUT2D eigenvalue weighted by Gasteiger charge is -2.20. The van der Waals surface area contributed by atoms with E-state index in [1.165, 1.54) is 30.4 Å². The molecule has 18 heteroatoms. The van der Waals surface area contributed by atoms with Gasteiger partial charge in [-0.15, -0.1) is 13.2 Å². The van der Waals surface area contributed by atoms with Crippen molar-refractivity contribution in [3.05, 3.63) is 121 Å². The third-order valence-corrected chi connectivity index (χ3v) is 14.7. The van der Waals surface area contributed by atoms with Crippen LogP contribution in [0.15, 0.2) is 110 Å². The van der Waals surface area contributed by atoms with E-state index in [9.17, 15) is 38.4 Å². The Kier molecular flexibility index (Phi) is 44.5. The molecule has 0 aliphatic heterocycles. The van der Waals surface area contributed by atoms with Crippen LogP contribution in [0.1, 0.15) is 166 Å². The van der Waals surface area contributed by atoms with Gasteiger partial charge in [-0.1, -0.05) is 125 Å². The van der Waals surface area contributed by atoms with Gasteiger partial charge in [-0.25, -0.2) is 0 Å². The van der Waals surface area contributed by atoms with E-state index in [1.54, 1.807) is 11.8 Å². The Balaban J connectivity index is 0.00000135. The Morgan fingerprint density at radius 1 is 0.625 bits per heavy atom. The van der Waals surface area contributed by atoms with E-state index in [0.29, 0.717) is 35.3 Å². The number of ketones is 2. The van der Waals surface area contributed by atoms with E-state index in [-0.39, 0.29) is 75.8 Å². The van der Waals surface area contributed by atoms with E-state index < -0.39 is 54.1 Å². The number of Topliss-reactive ketones (excluding diaryl/α,β-unsaturated/α-hetero) is 2. The number of thiol groups is 1. The van der Waals surface area contributed by atoms with E-state index in [4.69, 9.17) is 21.7 Å². The number of hydrogen-bond acceptors (Lipinski definition) is 14. The zero-order valence-electron chi connectivity index (χ0n) is 47.8. The minimum atomic E-state index is -1.08. The Hall–Kier alpha value is -5.82. The van der Waals surface area contributed by atoms with Crippen LogP contribution < -0.4 is 22.1 Å². The van der Waals surface area contributed by atoms with Crippen molar-refractivity contribution in [2.45, 2.75) is 180 Å². The molecule has 0 spiro atoms. The zero-order chi connectivity index (χ0) is 59.9. The van der Waals surface area contributed by atoms with Gasteiger partial charge < -0.3 is 30.3 Å². The molecule has 0 aromatic heterocycles. The topological polar surface area (TPSA) is 272 Å². The highest BCUT2D eigenvalue weighted by Crippen LogP contribution is 2.26. The van der Waals surface area contributed by atoms with E-state index in [2.05, 4.69) is 165 Å². The number of hydrogen-bond donors (Lipinski definition) is 7. The van der Waals surface area contributed by atoms with E-state index in [1.807, 2.05) is 6.08 Å². The molecule has 0 aliphatic carbocycles. The lowest BCUT2D eigenvalue weighted by molar-refractivity contribution is -0.139. The lowest BCUT2D eigenvalue weighted by Crippen LogP contribution is -2.43. The van der Waals surface area contributed by atoms with Gasteiger partial charge >= 0.3 is 11.9 Å². The molecular formula is C62H94N4O12S2. The number of amides is 2. The molecule has 446 valence electrons. The van der Waals surface area contributed by atoms with Crippen molar-refractivity contribution in [1.82, 2.24) is 10.6 Å². The molecule has 0 fully saturated rings. The Labute approximate surface area is 486 Å². The number of nitrogens with one attached hydrogen (secondary N) is 2. The fourth-order valence-electron chi connectivity index (χ4n) is 8.13. The van der Waals surface area contributed by atoms with Crippen molar-refractivity contribution in [2.75, 3.05) is 17.3 Å². The Bertz CT molecular complexity index is 2130. The molecule has 8 N–H and O–H groups in total. The number of aliphatic carboxylic acids is 2. The summed E-state index contributed by atoms with van der Waals surface area (Å²) in [5.74, 6) is 0.322. The van der Waals surface area contributed by atoms with Crippen LogP contribution in [0.4, 0.5) is 0 Å². The summed E-state index contributed by atoms with van der Waals surface area (Å²) in [5.41, 5.74) is 13.8. The van der Waals surface area contributed by atoms with Crippen molar-refractivity contribution in [3.8, 4) is 0 Å². The second kappa shape index (κ2) is 47.9. The van der Waals surface area contributed by atoms with Crippen LogP contribution in [0.5, 0.6) is 0 Å². The van der Waals surface area contributed by atoms with Crippen molar-refractivity contribution in [1.29, 1.82) is 0 Å². The highest BCUT2D eigenvalue weighted by molar-refractivity contribution is 7.99. The first-order valence-electron chi connectivity index (χ1n) is 28.0. The van der Waals surface area contributed by atoms with Crippen molar-refractivity contribution in [2.24, 2.45) is 29.2 Å². The maximum absolute atomic E-state index is 12.6. The maximum Gasteiger partial charge on any atom is 0.303 e. The normalized spacial score (nSPS) is 14.3. The summed E-state index contributed by atoms with van der Waals surface area (Å²) in [4.78, 5) is 89.8. The summed E-state index contributed by atoms with van der Waals surface area (Å²) in [7, 11) is 0. The standard InChI is InChI=1S/C33H50N2O6S.C18H26.C11H18N2O6S/c1-4-26(12-8-6-9-13-27(5-2)28-14-10-7-11-15-28)22-25(3)20-21-42-23-29(30(37)16-19-33(39)40)35-32(38)18-17-31(34)41-24-36;1-4-16(3)12-8-6-9-13-17(5-2)18-14-10-7-11-15-18;12-9(19-6-14)2-3-10(16)13-7(5-20)8(15)1-4-11(17)18/h4,6-7,9-11,14-15,24-27,29,31H,1,5,8,12-13,16-23,34H2,2-3H3,(H,35,38)(H,39,40);4,6-7,9-11,14-17H,1,5,8,12-13H2,2-3H3;6-7,9,20H,1-5,12H2,(H,13,16)(H,17,18)/b2*9-6+;/t25?,26?,27?,29-,31+;;7-,9+/m0.0/s1. The predicted molar refractivity (Wildman–Crippen MR) is 324 cm³/mol. The van der Waals surface area contributed by atoms with Crippen molar-refractivity contribution < 1.29 is 58.0 Å². The number of ether oxygens (including phenoxy) is 2. The molecule has 9 atom stereocenters. The minimum absolute atomic E-state index is 0.0102. The van der Waals surface area contributed by atoms with E-state index in [0.717, 1.165) is 50.7 Å². The van der Waals surface area contributed by atoms with Crippen LogP contribution in [0.2, 0.25) is 0 Å². The van der Waals surface area contributed by atoms with Gasteiger partial charge in [-0.3, -0.25) is 49.8 Å². The van der Waals surface area contributed by atoms with Gasteiger partial charge in [0.2, 0.25) is 11.8 Å². The average molecular weight is 1150 g/mol. The molecule has 80 heavy (non-hydrogen) atoms. The van der Waals surface area contributed by atoms with Crippen molar-refractivity contribution >= 4 is 72.7 Å². The summed E-state index contributed by atoms with van der Waals surface area (Å²) < 4.78 is 8.98. The maximum atomic E-state index is 12.6. The molecule has 2 rings (SSSR count). The summed E-state index contributed by atoms with van der Waals surface area (Å²) >= 11 is 5.51. The number of benzene rings is 2. The summed E-state index contributed by atoms with van der Waals surface area (Å²) in [6.45, 7) is 17.2. The second-order valence-corrected chi connectivity index (χ2v) is 21.3. The lowest BCUT2D eigenvalue weighted by atomic mass is 9.90. The predicted octanol–water partition coefficient (Wildman–Crippen LogP) is 10.8. The van der Waals surface area contributed by atoms with Crippen LogP contribution in [-0.2, 0) is 47.8 Å². The first kappa shape index (κ1) is 74.2. The number of carbonyl (C=O) groups is 8. The first-order valence-corrected chi connectivity index (χ1v) is 29.8. The number of nitrogens with two attached hydrogens (primary N) is 2. The van der Waals surface area contributed by atoms with Gasteiger partial charge in [-0.2, -0.15) is 24.4 Å². The SMILES string of the molecule is C=CC(C)CC/C=C/CC(CC)c1ccccc1.C=CC(CC/C=C/CC(CC)c1ccccc1)CC(C)CCSC[C@H](NC(=O)CC[C@H](N)OC=O)C(=O)CCC(=O)O.N[C@@H](CCC(=O)N[C@@H](CS)C(=O)CCC(=O)O)OC=O. The zero-order valence-corrected chi connectivity index (χ0v) is 49.5. The van der Waals surface area contributed by atoms with Gasteiger partial charge in [-0.05, 0) is 111 Å². The molecule has 0 saturated heterocycles. The summed E-state index contributed by atoms with van der Waals surface area (Å²) in [5, 5.41) is 22.5. The number of carboxylic acid groups (broad SMARTS) is 2. The smallest absolute Gasteiger partial charge is 0.303 e. The number of carboxylic acids is 2. The molecule has 0 saturated carbocycles. The summed E-state index contributed by atoms with van der Waals surface area (Å²) in [6, 6.07) is 19.9. The number of allylic oxidation sites excluding steroid dienone is 6. The third kappa shape index (κ3) is 38.7. The highest BCUT2D eigenvalue weighted by Gasteiger charge is 2.23. The molecule has 16 nitrogen and oxygen atoms in total. The molecule has 2 aromatic carbocycles. The summed E-state index contributed by atoms with van der Waals surface area (Å²) in [6.07, 6.45) is 21.9. The number of thioether (sulfide) groups is 1. The molecule has 2 amide bonds. The Morgan fingerprint density at radius 2 is 1.07 bits per heavy atom. The molecular weight excluding hydrogens is 1060 g/mol. The molecule has 0 bridgehead atoms. The van der Waals surface area contributed by atoms with Crippen LogP contribution >= 0.6 is 24.4 Å². The van der Waals surface area contributed by atoms with Crippen molar-refractivity contribution in [3.63, 3.8) is 0 Å². The fourth-order valence-corrected chi connectivity index (χ4v) is 9.67. The minimum Gasteiger partial charge on any atom is -0.481 e. The average Bonchev–Trinajstić information content (AvgIpc) is 3.45. The van der Waals surface area contributed by atoms with Gasteiger partial charge in [0.25, 0.3) is 12.9 Å². The van der Waals surface area contributed by atoms with E-state index >= 15 is 0 Å². The molecule has 2 aromatic rings. The first-order chi connectivity index (χ1) is 38.4. The van der Waals surface area contributed by atoms with Gasteiger partial charge in [0, 0.05) is 50.0 Å². The van der Waals surface area contributed by atoms with Crippen LogP contribution in [-0.4, -0.2) is 100 Å².